The van der Waals surface area contributed by atoms with E-state index in [1.165, 1.54) is 0 Å². The fourth-order valence-electron chi connectivity index (χ4n) is 3.78. The quantitative estimate of drug-likeness (QED) is 0.274. The lowest BCUT2D eigenvalue weighted by Gasteiger charge is -2.34. The van der Waals surface area contributed by atoms with Crippen molar-refractivity contribution in [2.75, 3.05) is 19.4 Å². The number of hydrogen-bond acceptors (Lipinski definition) is 2. The van der Waals surface area contributed by atoms with E-state index in [-0.39, 0.29) is 17.2 Å². The molecule has 3 rings (SSSR count). The van der Waals surface area contributed by atoms with Gasteiger partial charge in [-0.1, -0.05) is 60.7 Å². The average molecular weight is 512 g/mol. The number of halogens is 6. The molecule has 0 aliphatic rings. The van der Waals surface area contributed by atoms with Gasteiger partial charge < -0.3 is 15.5 Å². The van der Waals surface area contributed by atoms with Crippen LogP contribution in [0.25, 0.3) is 0 Å². The van der Waals surface area contributed by atoms with Crippen LogP contribution < -0.4 is 10.6 Å². The van der Waals surface area contributed by atoms with E-state index in [2.05, 4.69) is 10.6 Å². The van der Waals surface area contributed by atoms with Crippen molar-refractivity contribution in [1.82, 2.24) is 10.2 Å². The molecule has 186 valence electrons. The SMILES string of the molecule is CN(C)C(c1ccccc1)C(NC(=S)Nc1cc(C(F)(F)F)cc(C(F)(F)F)c1)c1ccccc1. The Balaban J connectivity index is 1.96. The van der Waals surface area contributed by atoms with Crippen LogP contribution in [0, 0.1) is 0 Å². The minimum atomic E-state index is -4.96. The second-order valence-electron chi connectivity index (χ2n) is 8.10. The number of anilines is 1. The summed E-state index contributed by atoms with van der Waals surface area (Å²) >= 11 is 5.34. The predicted octanol–water partition coefficient (Wildman–Crippen LogP) is 7.05. The van der Waals surface area contributed by atoms with Crippen LogP contribution in [0.15, 0.2) is 78.9 Å². The summed E-state index contributed by atoms with van der Waals surface area (Å²) in [4.78, 5) is 1.95. The second-order valence-corrected chi connectivity index (χ2v) is 8.51. The molecule has 2 atom stereocenters. The van der Waals surface area contributed by atoms with Crippen LogP contribution in [0.2, 0.25) is 0 Å². The van der Waals surface area contributed by atoms with E-state index in [1.54, 1.807) is 0 Å². The van der Waals surface area contributed by atoms with Crippen LogP contribution in [-0.4, -0.2) is 24.1 Å². The maximum absolute atomic E-state index is 13.2. The Bertz CT molecular complexity index is 1100. The molecule has 2 N–H and O–H groups in total. The summed E-state index contributed by atoms with van der Waals surface area (Å²) in [5.74, 6) is 0. The first kappa shape index (κ1) is 26.5. The lowest BCUT2D eigenvalue weighted by Crippen LogP contribution is -2.40. The first-order valence-electron chi connectivity index (χ1n) is 10.5. The van der Waals surface area contributed by atoms with Crippen LogP contribution in [-0.2, 0) is 12.4 Å². The van der Waals surface area contributed by atoms with E-state index in [4.69, 9.17) is 12.2 Å². The van der Waals surface area contributed by atoms with Gasteiger partial charge in [-0.3, -0.25) is 0 Å². The predicted molar refractivity (Wildman–Crippen MR) is 128 cm³/mol. The Labute approximate surface area is 204 Å². The zero-order chi connectivity index (χ0) is 25.8. The number of rotatable bonds is 6. The van der Waals surface area contributed by atoms with Gasteiger partial charge >= 0.3 is 12.4 Å². The molecule has 0 radical (unpaired) electrons. The fraction of sp³-hybridized carbons (Fsp3) is 0.240. The van der Waals surface area contributed by atoms with Crippen molar-refractivity contribution in [3.63, 3.8) is 0 Å². The summed E-state index contributed by atoms with van der Waals surface area (Å²) in [6.07, 6.45) is -9.91. The summed E-state index contributed by atoms with van der Waals surface area (Å²) in [6.45, 7) is 0. The van der Waals surface area contributed by atoms with Crippen molar-refractivity contribution >= 4 is 23.0 Å². The second kappa shape index (κ2) is 10.7. The Morgan fingerprint density at radius 1 is 0.743 bits per heavy atom. The Morgan fingerprint density at radius 2 is 1.20 bits per heavy atom. The van der Waals surface area contributed by atoms with Crippen molar-refractivity contribution < 1.29 is 26.3 Å². The van der Waals surface area contributed by atoms with Gasteiger partial charge in [0.2, 0.25) is 0 Å². The molecule has 10 heteroatoms. The van der Waals surface area contributed by atoms with E-state index >= 15 is 0 Å². The van der Waals surface area contributed by atoms with Gasteiger partial charge in [0.15, 0.2) is 5.11 Å². The lowest BCUT2D eigenvalue weighted by atomic mass is 9.92. The minimum absolute atomic E-state index is 0.0753. The molecule has 35 heavy (non-hydrogen) atoms. The van der Waals surface area contributed by atoms with E-state index < -0.39 is 35.2 Å². The third kappa shape index (κ3) is 6.95. The number of thiocarbonyl (C=S) groups is 1. The van der Waals surface area contributed by atoms with Gasteiger partial charge in [-0.25, -0.2) is 0 Å². The first-order valence-corrected chi connectivity index (χ1v) is 10.9. The van der Waals surface area contributed by atoms with Crippen molar-refractivity contribution in [3.8, 4) is 0 Å². The maximum atomic E-state index is 13.2. The van der Waals surface area contributed by atoms with Crippen molar-refractivity contribution in [1.29, 1.82) is 0 Å². The molecule has 0 bridgehead atoms. The molecule has 0 aromatic heterocycles. The van der Waals surface area contributed by atoms with Gasteiger partial charge in [-0.05, 0) is 55.6 Å². The molecular weight excluding hydrogens is 488 g/mol. The van der Waals surface area contributed by atoms with Gasteiger partial charge in [0.1, 0.15) is 0 Å². The summed E-state index contributed by atoms with van der Waals surface area (Å²) in [5, 5.41) is 5.49. The molecule has 0 saturated heterocycles. The summed E-state index contributed by atoms with van der Waals surface area (Å²) in [6, 6.07) is 19.3. The number of hydrogen-bond donors (Lipinski definition) is 2. The van der Waals surface area contributed by atoms with Gasteiger partial charge in [0.05, 0.1) is 23.2 Å². The van der Waals surface area contributed by atoms with E-state index in [0.29, 0.717) is 12.1 Å². The molecular formula is C25H23F6N3S. The number of alkyl halides is 6. The Morgan fingerprint density at radius 3 is 1.63 bits per heavy atom. The topological polar surface area (TPSA) is 27.3 Å². The monoisotopic (exact) mass is 511 g/mol. The molecule has 0 aliphatic carbocycles. The first-order chi connectivity index (χ1) is 16.4. The minimum Gasteiger partial charge on any atom is -0.354 e. The third-order valence-electron chi connectivity index (χ3n) is 5.30. The maximum Gasteiger partial charge on any atom is 0.416 e. The molecule has 0 amide bonds. The van der Waals surface area contributed by atoms with Crippen LogP contribution in [0.3, 0.4) is 0 Å². The van der Waals surface area contributed by atoms with Gasteiger partial charge in [-0.15, -0.1) is 0 Å². The summed E-state index contributed by atoms with van der Waals surface area (Å²) in [7, 11) is 3.74. The zero-order valence-electron chi connectivity index (χ0n) is 18.8. The molecule has 3 nitrogen and oxygen atoms in total. The van der Waals surface area contributed by atoms with E-state index in [1.807, 2.05) is 79.7 Å². The average Bonchev–Trinajstić information content (AvgIpc) is 2.78. The lowest BCUT2D eigenvalue weighted by molar-refractivity contribution is -0.143. The molecule has 0 aliphatic heterocycles. The standard InChI is InChI=1S/C25H23F6N3S/c1-34(2)22(17-11-7-4-8-12-17)21(16-9-5-3-6-10-16)33-23(35)32-20-14-18(24(26,27)28)13-19(15-20)25(29,30)31/h3-15,21-22H,1-2H3,(H2,32,33,35). The molecule has 2 unspecified atom stereocenters. The van der Waals surface area contributed by atoms with E-state index in [0.717, 1.165) is 11.1 Å². The number of likely N-dealkylation sites (N-methyl/N-ethyl adjacent to an activating group) is 1. The normalized spacial score (nSPS) is 13.9. The fourth-order valence-corrected chi connectivity index (χ4v) is 4.02. The van der Waals surface area contributed by atoms with Crippen molar-refractivity contribution in [3.05, 3.63) is 101 Å². The molecule has 0 saturated carbocycles. The van der Waals surface area contributed by atoms with Crippen LogP contribution >= 0.6 is 12.2 Å². The van der Waals surface area contributed by atoms with Crippen LogP contribution in [0.1, 0.15) is 34.3 Å². The Hall–Kier alpha value is -3.11. The molecule has 0 heterocycles. The molecule has 3 aromatic carbocycles. The van der Waals surface area contributed by atoms with Gasteiger partial charge in [-0.2, -0.15) is 26.3 Å². The number of nitrogens with one attached hydrogen (secondary N) is 2. The zero-order valence-corrected chi connectivity index (χ0v) is 19.6. The highest BCUT2D eigenvalue weighted by Crippen LogP contribution is 2.38. The summed E-state index contributed by atoms with van der Waals surface area (Å²) < 4.78 is 79.4. The van der Waals surface area contributed by atoms with Crippen molar-refractivity contribution in [2.24, 2.45) is 0 Å². The highest BCUT2D eigenvalue weighted by molar-refractivity contribution is 7.80. The molecule has 0 fully saturated rings. The molecule has 3 aromatic rings. The van der Waals surface area contributed by atoms with Crippen LogP contribution in [0.5, 0.6) is 0 Å². The highest BCUT2D eigenvalue weighted by Gasteiger charge is 2.37. The third-order valence-corrected chi connectivity index (χ3v) is 5.52. The van der Waals surface area contributed by atoms with Crippen molar-refractivity contribution in [2.45, 2.75) is 24.4 Å². The smallest absolute Gasteiger partial charge is 0.354 e. The number of benzene rings is 3. The highest BCUT2D eigenvalue weighted by atomic mass is 32.1. The van der Waals surface area contributed by atoms with Gasteiger partial charge in [0.25, 0.3) is 0 Å². The Kier molecular flexibility index (Phi) is 8.07. The molecule has 0 spiro atoms. The van der Waals surface area contributed by atoms with Gasteiger partial charge in [0, 0.05) is 5.69 Å². The summed E-state index contributed by atoms with van der Waals surface area (Å²) in [5.41, 5.74) is -1.49. The number of nitrogens with zero attached hydrogens (tertiary/aromatic N) is 1. The van der Waals surface area contributed by atoms with Crippen LogP contribution in [0.4, 0.5) is 32.0 Å². The van der Waals surface area contributed by atoms with E-state index in [9.17, 15) is 26.3 Å². The largest absolute Gasteiger partial charge is 0.416 e.